The third kappa shape index (κ3) is 3.64. The van der Waals surface area contributed by atoms with Crippen molar-refractivity contribution in [3.05, 3.63) is 75.2 Å². The van der Waals surface area contributed by atoms with Crippen molar-refractivity contribution >= 4 is 52.2 Å². The van der Waals surface area contributed by atoms with Crippen LogP contribution in [-0.4, -0.2) is 20.9 Å². The van der Waals surface area contributed by atoms with Crippen LogP contribution >= 0.6 is 35.0 Å². The summed E-state index contributed by atoms with van der Waals surface area (Å²) in [4.78, 5) is 23.7. The van der Waals surface area contributed by atoms with Crippen molar-refractivity contribution in [1.82, 2.24) is 15.1 Å². The molecule has 4 rings (SSSR count). The van der Waals surface area contributed by atoms with Crippen molar-refractivity contribution in [2.75, 3.05) is 0 Å². The van der Waals surface area contributed by atoms with Crippen LogP contribution in [0.25, 0.3) is 23.0 Å². The van der Waals surface area contributed by atoms with Crippen molar-refractivity contribution in [3.63, 3.8) is 0 Å². The fourth-order valence-corrected chi connectivity index (χ4v) is 3.61. The number of aromatic nitrogens is 2. The molecule has 2 amide bonds. The van der Waals surface area contributed by atoms with E-state index in [2.05, 4.69) is 10.4 Å². The summed E-state index contributed by atoms with van der Waals surface area (Å²) in [6, 6.07) is 14.8. The van der Waals surface area contributed by atoms with Crippen LogP contribution in [0.5, 0.6) is 0 Å². The number of imide groups is 1. The van der Waals surface area contributed by atoms with E-state index in [9.17, 15) is 9.59 Å². The molecule has 27 heavy (non-hydrogen) atoms. The Hall–Kier alpha value is -2.54. The number of rotatable bonds is 3. The molecular weight excluding hydrogens is 405 g/mol. The molecular formula is C19H11Cl2N3O2S. The summed E-state index contributed by atoms with van der Waals surface area (Å²) in [7, 11) is 0. The Morgan fingerprint density at radius 3 is 2.48 bits per heavy atom. The zero-order chi connectivity index (χ0) is 19.0. The highest BCUT2D eigenvalue weighted by atomic mass is 35.5. The summed E-state index contributed by atoms with van der Waals surface area (Å²) in [6.07, 6.45) is 3.45. The van der Waals surface area contributed by atoms with Gasteiger partial charge in [0.05, 0.1) is 20.6 Å². The first-order valence-electron chi connectivity index (χ1n) is 7.86. The molecule has 0 radical (unpaired) electrons. The highest BCUT2D eigenvalue weighted by molar-refractivity contribution is 8.18. The number of para-hydroxylation sites is 1. The standard InChI is InChI=1S/C19H11Cl2N3O2S/c20-14-7-6-11(8-15(14)21)17-12(9-16-18(25)22-19(26)27-16)10-24(23-17)13-4-2-1-3-5-13/h1-10H,(H,22,25,26)/b16-9-. The summed E-state index contributed by atoms with van der Waals surface area (Å²) in [5.41, 5.74) is 2.92. The third-order valence-corrected chi connectivity index (χ3v) is 5.43. The number of halogens is 2. The monoisotopic (exact) mass is 415 g/mol. The van der Waals surface area contributed by atoms with E-state index in [0.717, 1.165) is 23.0 Å². The smallest absolute Gasteiger partial charge is 0.282 e. The van der Waals surface area contributed by atoms with Gasteiger partial charge in [0.25, 0.3) is 11.1 Å². The largest absolute Gasteiger partial charge is 0.290 e. The van der Waals surface area contributed by atoms with Gasteiger partial charge in [0.15, 0.2) is 0 Å². The molecule has 2 heterocycles. The van der Waals surface area contributed by atoms with Crippen molar-refractivity contribution in [1.29, 1.82) is 0 Å². The fraction of sp³-hybridized carbons (Fsp3) is 0. The van der Waals surface area contributed by atoms with Crippen LogP contribution in [-0.2, 0) is 4.79 Å². The van der Waals surface area contributed by atoms with Gasteiger partial charge in [0.2, 0.25) is 0 Å². The minimum absolute atomic E-state index is 0.314. The number of nitrogens with zero attached hydrogens (tertiary/aromatic N) is 2. The van der Waals surface area contributed by atoms with Gasteiger partial charge < -0.3 is 0 Å². The van der Waals surface area contributed by atoms with Crippen molar-refractivity contribution in [3.8, 4) is 16.9 Å². The number of hydrogen-bond acceptors (Lipinski definition) is 4. The lowest BCUT2D eigenvalue weighted by molar-refractivity contribution is -0.115. The van der Waals surface area contributed by atoms with Gasteiger partial charge in [-0.25, -0.2) is 4.68 Å². The van der Waals surface area contributed by atoms with Gasteiger partial charge in [-0.3, -0.25) is 14.9 Å². The molecule has 0 bridgehead atoms. The van der Waals surface area contributed by atoms with E-state index < -0.39 is 11.1 Å². The molecule has 0 spiro atoms. The molecule has 3 aromatic rings. The first-order valence-corrected chi connectivity index (χ1v) is 9.44. The molecule has 1 fully saturated rings. The lowest BCUT2D eigenvalue weighted by atomic mass is 10.1. The predicted molar refractivity (Wildman–Crippen MR) is 108 cm³/mol. The molecule has 0 saturated carbocycles. The highest BCUT2D eigenvalue weighted by Crippen LogP contribution is 2.33. The lowest BCUT2D eigenvalue weighted by Gasteiger charge is -2.02. The summed E-state index contributed by atoms with van der Waals surface area (Å²) in [5.74, 6) is -0.419. The first-order chi connectivity index (χ1) is 13.0. The van der Waals surface area contributed by atoms with E-state index in [1.54, 1.807) is 35.2 Å². The number of benzene rings is 2. The van der Waals surface area contributed by atoms with Gasteiger partial charge in [-0.05, 0) is 42.1 Å². The number of nitrogens with one attached hydrogen (secondary N) is 1. The van der Waals surface area contributed by atoms with Crippen LogP contribution in [0.2, 0.25) is 10.0 Å². The van der Waals surface area contributed by atoms with E-state index >= 15 is 0 Å². The van der Waals surface area contributed by atoms with Crippen LogP contribution in [0, 0.1) is 0 Å². The van der Waals surface area contributed by atoms with Crippen LogP contribution in [0.1, 0.15) is 5.56 Å². The minimum Gasteiger partial charge on any atom is -0.282 e. The molecule has 2 aromatic carbocycles. The normalized spacial score (nSPS) is 15.4. The zero-order valence-electron chi connectivity index (χ0n) is 13.6. The van der Waals surface area contributed by atoms with E-state index in [-0.39, 0.29) is 0 Å². The van der Waals surface area contributed by atoms with Gasteiger partial charge in [0, 0.05) is 17.3 Å². The Morgan fingerprint density at radius 2 is 1.81 bits per heavy atom. The molecule has 1 saturated heterocycles. The molecule has 0 aliphatic carbocycles. The average molecular weight is 416 g/mol. The maximum absolute atomic E-state index is 11.9. The quantitative estimate of drug-likeness (QED) is 0.599. The van der Waals surface area contributed by atoms with Gasteiger partial charge in [-0.15, -0.1) is 0 Å². The Bertz CT molecular complexity index is 1090. The second-order valence-electron chi connectivity index (χ2n) is 5.69. The van der Waals surface area contributed by atoms with Crippen LogP contribution in [0.4, 0.5) is 4.79 Å². The van der Waals surface area contributed by atoms with E-state index in [1.165, 1.54) is 0 Å². The Balaban J connectivity index is 1.86. The van der Waals surface area contributed by atoms with Crippen molar-refractivity contribution < 1.29 is 9.59 Å². The molecule has 1 N–H and O–H groups in total. The molecule has 1 aliphatic heterocycles. The fourth-order valence-electron chi connectivity index (χ4n) is 2.64. The maximum Gasteiger partial charge on any atom is 0.290 e. The lowest BCUT2D eigenvalue weighted by Crippen LogP contribution is -2.17. The Labute approximate surface area is 169 Å². The number of carbonyl (C=O) groups excluding carboxylic acids is 2. The Morgan fingerprint density at radius 1 is 1.04 bits per heavy atom. The van der Waals surface area contributed by atoms with Gasteiger partial charge in [0.1, 0.15) is 5.69 Å². The summed E-state index contributed by atoms with van der Waals surface area (Å²) < 4.78 is 1.71. The van der Waals surface area contributed by atoms with Gasteiger partial charge in [-0.2, -0.15) is 5.10 Å². The van der Waals surface area contributed by atoms with E-state index in [0.29, 0.717) is 26.2 Å². The van der Waals surface area contributed by atoms with Crippen LogP contribution in [0.15, 0.2) is 59.6 Å². The molecule has 1 aromatic heterocycles. The third-order valence-electron chi connectivity index (χ3n) is 3.88. The maximum atomic E-state index is 11.9. The average Bonchev–Trinajstić information content (AvgIpc) is 3.21. The predicted octanol–water partition coefficient (Wildman–Crippen LogP) is 5.17. The number of amides is 2. The number of thioether (sulfide) groups is 1. The molecule has 134 valence electrons. The second-order valence-corrected chi connectivity index (χ2v) is 7.52. The van der Waals surface area contributed by atoms with Crippen LogP contribution in [0.3, 0.4) is 0 Å². The molecule has 1 aliphatic rings. The Kier molecular flexibility index (Phi) is 4.78. The van der Waals surface area contributed by atoms with E-state index in [4.69, 9.17) is 23.2 Å². The highest BCUT2D eigenvalue weighted by Gasteiger charge is 2.26. The van der Waals surface area contributed by atoms with Crippen LogP contribution < -0.4 is 5.32 Å². The number of carbonyl (C=O) groups is 2. The van der Waals surface area contributed by atoms with Crippen molar-refractivity contribution in [2.45, 2.75) is 0 Å². The summed E-state index contributed by atoms with van der Waals surface area (Å²) >= 11 is 13.0. The molecule has 0 atom stereocenters. The zero-order valence-corrected chi connectivity index (χ0v) is 16.0. The topological polar surface area (TPSA) is 64.0 Å². The summed E-state index contributed by atoms with van der Waals surface area (Å²) in [6.45, 7) is 0. The van der Waals surface area contributed by atoms with E-state index in [1.807, 2.05) is 30.3 Å². The van der Waals surface area contributed by atoms with Gasteiger partial charge >= 0.3 is 0 Å². The SMILES string of the molecule is O=C1NC(=O)/C(=C/c2cn(-c3ccccc3)nc2-c2ccc(Cl)c(Cl)c2)S1. The second kappa shape index (κ2) is 7.23. The molecule has 0 unspecified atom stereocenters. The molecule has 5 nitrogen and oxygen atoms in total. The minimum atomic E-state index is -0.419. The molecule has 8 heteroatoms. The van der Waals surface area contributed by atoms with Crippen molar-refractivity contribution in [2.24, 2.45) is 0 Å². The summed E-state index contributed by atoms with van der Waals surface area (Å²) in [5, 5.41) is 7.36. The first kappa shape index (κ1) is 17.9. The van der Waals surface area contributed by atoms with Gasteiger partial charge in [-0.1, -0.05) is 47.5 Å². The number of hydrogen-bond donors (Lipinski definition) is 1.